The van der Waals surface area contributed by atoms with Crippen molar-refractivity contribution in [2.24, 2.45) is 0 Å². The Morgan fingerprint density at radius 2 is 1.47 bits per heavy atom. The predicted octanol–water partition coefficient (Wildman–Crippen LogP) is 5.13. The number of aromatic nitrogens is 2. The van der Waals surface area contributed by atoms with Crippen molar-refractivity contribution in [3.05, 3.63) is 78.7 Å². The van der Waals surface area contributed by atoms with Crippen LogP contribution in [0.25, 0.3) is 11.4 Å². The van der Waals surface area contributed by atoms with Crippen LogP contribution in [0.4, 0.5) is 0 Å². The van der Waals surface area contributed by atoms with Gasteiger partial charge in [0.2, 0.25) is 5.82 Å². The van der Waals surface area contributed by atoms with Gasteiger partial charge in [0.05, 0.1) is 19.8 Å². The van der Waals surface area contributed by atoms with Gasteiger partial charge >= 0.3 is 0 Å². The van der Waals surface area contributed by atoms with Crippen molar-refractivity contribution in [1.29, 1.82) is 0 Å². The highest BCUT2D eigenvalue weighted by Crippen LogP contribution is 2.31. The molecule has 0 aliphatic heterocycles. The van der Waals surface area contributed by atoms with Crippen molar-refractivity contribution in [1.82, 2.24) is 10.1 Å². The van der Waals surface area contributed by atoms with Gasteiger partial charge in [-0.05, 0) is 48.5 Å². The molecule has 152 valence electrons. The largest absolute Gasteiger partial charge is 0.497 e. The zero-order valence-electron chi connectivity index (χ0n) is 16.6. The summed E-state index contributed by atoms with van der Waals surface area (Å²) in [6, 6.07) is 22.3. The van der Waals surface area contributed by atoms with Gasteiger partial charge in [0.15, 0.2) is 6.61 Å². The molecule has 0 bridgehead atoms. The second-order valence-corrected chi connectivity index (χ2v) is 6.25. The summed E-state index contributed by atoms with van der Waals surface area (Å²) < 4.78 is 27.4. The molecule has 0 unspecified atom stereocenters. The molecule has 3 aromatic carbocycles. The van der Waals surface area contributed by atoms with Crippen molar-refractivity contribution >= 4 is 0 Å². The van der Waals surface area contributed by atoms with Crippen LogP contribution in [0.15, 0.2) is 77.3 Å². The lowest BCUT2D eigenvalue weighted by atomic mass is 10.2. The smallest absolute Gasteiger partial charge is 0.264 e. The summed E-state index contributed by atoms with van der Waals surface area (Å²) in [5.74, 6) is 4.21. The van der Waals surface area contributed by atoms with E-state index in [1.807, 2.05) is 66.7 Å². The molecule has 7 nitrogen and oxygen atoms in total. The van der Waals surface area contributed by atoms with Crippen LogP contribution in [0, 0.1) is 0 Å². The van der Waals surface area contributed by atoms with Crippen LogP contribution in [0.5, 0.6) is 28.7 Å². The molecule has 4 aromatic rings. The Hall–Kier alpha value is -4.00. The second-order valence-electron chi connectivity index (χ2n) is 6.25. The molecule has 0 aliphatic rings. The van der Waals surface area contributed by atoms with E-state index in [4.69, 9.17) is 23.5 Å². The molecule has 1 aromatic heterocycles. The Labute approximate surface area is 173 Å². The maximum atomic E-state index is 5.77. The van der Waals surface area contributed by atoms with Gasteiger partial charge in [-0.15, -0.1) is 0 Å². The van der Waals surface area contributed by atoms with Gasteiger partial charge < -0.3 is 23.5 Å². The molecular formula is C23H20N2O5. The predicted molar refractivity (Wildman–Crippen MR) is 110 cm³/mol. The highest BCUT2D eigenvalue weighted by molar-refractivity contribution is 5.65. The van der Waals surface area contributed by atoms with Crippen molar-refractivity contribution < 1.29 is 23.5 Å². The molecule has 0 N–H and O–H groups in total. The zero-order chi connectivity index (χ0) is 20.8. The van der Waals surface area contributed by atoms with Crippen LogP contribution in [0.3, 0.4) is 0 Å². The monoisotopic (exact) mass is 404 g/mol. The number of nitrogens with zero attached hydrogens (tertiary/aromatic N) is 2. The summed E-state index contributed by atoms with van der Waals surface area (Å²) in [4.78, 5) is 4.38. The standard InChI is InChI=1S/C23H20N2O5/c1-26-19-12-13-20(21(14-19)27-2)23-24-22(30-25-23)15-28-16-8-10-18(11-9-16)29-17-6-4-3-5-7-17/h3-14H,15H2,1-2H3. The first kappa shape index (κ1) is 19.3. The number of hydrogen-bond acceptors (Lipinski definition) is 7. The lowest BCUT2D eigenvalue weighted by molar-refractivity contribution is 0.243. The number of rotatable bonds is 8. The van der Waals surface area contributed by atoms with E-state index >= 15 is 0 Å². The molecule has 1 heterocycles. The number of methoxy groups -OCH3 is 2. The Bertz CT molecular complexity index is 1090. The van der Waals surface area contributed by atoms with Gasteiger partial charge in [-0.3, -0.25) is 0 Å². The van der Waals surface area contributed by atoms with Crippen molar-refractivity contribution in [2.45, 2.75) is 6.61 Å². The molecule has 0 fully saturated rings. The Balaban J connectivity index is 1.39. The lowest BCUT2D eigenvalue weighted by Gasteiger charge is -2.07. The topological polar surface area (TPSA) is 75.8 Å². The molecule has 7 heteroatoms. The zero-order valence-corrected chi connectivity index (χ0v) is 16.6. The summed E-state index contributed by atoms with van der Waals surface area (Å²) in [6.07, 6.45) is 0. The third kappa shape index (κ3) is 4.52. The first-order chi connectivity index (χ1) is 14.7. The summed E-state index contributed by atoms with van der Waals surface area (Å²) in [7, 11) is 3.17. The third-order valence-corrected chi connectivity index (χ3v) is 4.28. The molecular weight excluding hydrogens is 384 g/mol. The average Bonchev–Trinajstić information content (AvgIpc) is 3.27. The van der Waals surface area contributed by atoms with Crippen LogP contribution in [-0.4, -0.2) is 24.4 Å². The maximum absolute atomic E-state index is 5.77. The highest BCUT2D eigenvalue weighted by Gasteiger charge is 2.14. The van der Waals surface area contributed by atoms with E-state index in [0.29, 0.717) is 34.5 Å². The van der Waals surface area contributed by atoms with Gasteiger partial charge in [-0.25, -0.2) is 0 Å². The van der Waals surface area contributed by atoms with Gasteiger partial charge in [0.25, 0.3) is 5.89 Å². The van der Waals surface area contributed by atoms with E-state index in [1.54, 1.807) is 20.3 Å². The molecule has 0 saturated carbocycles. The first-order valence-electron chi connectivity index (χ1n) is 9.26. The lowest BCUT2D eigenvalue weighted by Crippen LogP contribution is -1.96. The first-order valence-corrected chi connectivity index (χ1v) is 9.26. The number of para-hydroxylation sites is 1. The average molecular weight is 404 g/mol. The van der Waals surface area contributed by atoms with E-state index in [0.717, 1.165) is 11.5 Å². The van der Waals surface area contributed by atoms with E-state index in [2.05, 4.69) is 10.1 Å². The Kier molecular flexibility index (Phi) is 5.80. The summed E-state index contributed by atoms with van der Waals surface area (Å²) in [5, 5.41) is 4.02. The minimum atomic E-state index is 0.143. The molecule has 0 atom stereocenters. The molecule has 0 amide bonds. The van der Waals surface area contributed by atoms with Crippen LogP contribution >= 0.6 is 0 Å². The van der Waals surface area contributed by atoms with Crippen LogP contribution in [-0.2, 0) is 6.61 Å². The molecule has 0 saturated heterocycles. The number of ether oxygens (including phenoxy) is 4. The van der Waals surface area contributed by atoms with Gasteiger partial charge in [-0.2, -0.15) is 4.98 Å². The fourth-order valence-corrected chi connectivity index (χ4v) is 2.78. The Morgan fingerprint density at radius 1 is 0.767 bits per heavy atom. The van der Waals surface area contributed by atoms with E-state index in [-0.39, 0.29) is 6.61 Å². The van der Waals surface area contributed by atoms with Gasteiger partial charge in [-0.1, -0.05) is 23.4 Å². The quantitative estimate of drug-likeness (QED) is 0.403. The van der Waals surface area contributed by atoms with Crippen molar-refractivity contribution in [3.8, 4) is 40.1 Å². The SMILES string of the molecule is COc1ccc(-c2noc(COc3ccc(Oc4ccccc4)cc3)n2)c(OC)c1. The molecule has 4 rings (SSSR count). The number of hydrogen-bond donors (Lipinski definition) is 0. The minimum absolute atomic E-state index is 0.143. The fourth-order valence-electron chi connectivity index (χ4n) is 2.78. The third-order valence-electron chi connectivity index (χ3n) is 4.28. The minimum Gasteiger partial charge on any atom is -0.497 e. The summed E-state index contributed by atoms with van der Waals surface area (Å²) in [5.41, 5.74) is 0.704. The highest BCUT2D eigenvalue weighted by atomic mass is 16.5. The summed E-state index contributed by atoms with van der Waals surface area (Å²) >= 11 is 0. The number of benzene rings is 3. The summed E-state index contributed by atoms with van der Waals surface area (Å²) in [6.45, 7) is 0.143. The molecule has 0 radical (unpaired) electrons. The van der Waals surface area contributed by atoms with Crippen LogP contribution < -0.4 is 18.9 Å². The van der Waals surface area contributed by atoms with Crippen LogP contribution in [0.1, 0.15) is 5.89 Å². The van der Waals surface area contributed by atoms with Gasteiger partial charge in [0, 0.05) is 6.07 Å². The van der Waals surface area contributed by atoms with Crippen LogP contribution in [0.2, 0.25) is 0 Å². The van der Waals surface area contributed by atoms with E-state index in [9.17, 15) is 0 Å². The molecule has 0 aliphatic carbocycles. The van der Waals surface area contributed by atoms with Crippen molar-refractivity contribution in [3.63, 3.8) is 0 Å². The van der Waals surface area contributed by atoms with Crippen molar-refractivity contribution in [2.75, 3.05) is 14.2 Å². The normalized spacial score (nSPS) is 10.5. The molecule has 0 spiro atoms. The van der Waals surface area contributed by atoms with E-state index < -0.39 is 0 Å². The molecule has 30 heavy (non-hydrogen) atoms. The van der Waals surface area contributed by atoms with E-state index in [1.165, 1.54) is 0 Å². The fraction of sp³-hybridized carbons (Fsp3) is 0.130. The Morgan fingerprint density at radius 3 is 2.20 bits per heavy atom. The van der Waals surface area contributed by atoms with Gasteiger partial charge in [0.1, 0.15) is 28.7 Å². The second kappa shape index (κ2) is 9.00. The maximum Gasteiger partial charge on any atom is 0.264 e.